The topological polar surface area (TPSA) is 85.8 Å². The van der Waals surface area contributed by atoms with Crippen molar-refractivity contribution >= 4 is 33.1 Å². The largest absolute Gasteiger partial charge is 0.395 e. The number of benzene rings is 1. The predicted octanol–water partition coefficient (Wildman–Crippen LogP) is 1.42. The molecule has 1 aromatic carbocycles. The first-order valence-corrected chi connectivity index (χ1v) is 6.48. The number of carbonyl (C=O) groups is 1. The van der Waals surface area contributed by atoms with Crippen molar-refractivity contribution < 1.29 is 4.79 Å². The molecule has 2 aromatic heterocycles. The molecule has 19 heavy (non-hydrogen) atoms. The van der Waals surface area contributed by atoms with Crippen LogP contribution >= 0.6 is 11.3 Å². The van der Waals surface area contributed by atoms with Crippen LogP contribution in [0.3, 0.4) is 0 Å². The number of hydrogen-bond acceptors (Lipinski definition) is 5. The molecule has 7 heteroatoms. The Hall–Kier alpha value is -2.41. The van der Waals surface area contributed by atoms with Crippen LogP contribution < -0.4 is 11.1 Å². The van der Waals surface area contributed by atoms with Crippen LogP contribution in [-0.4, -0.2) is 27.7 Å². The quantitative estimate of drug-likeness (QED) is 0.691. The predicted molar refractivity (Wildman–Crippen MR) is 74.5 cm³/mol. The van der Waals surface area contributed by atoms with Crippen LogP contribution in [0.4, 0.5) is 5.69 Å². The summed E-state index contributed by atoms with van der Waals surface area (Å²) >= 11 is 1.53. The van der Waals surface area contributed by atoms with Crippen molar-refractivity contribution in [3.8, 4) is 5.69 Å². The van der Waals surface area contributed by atoms with E-state index < -0.39 is 0 Å². The van der Waals surface area contributed by atoms with E-state index in [4.69, 9.17) is 5.73 Å². The summed E-state index contributed by atoms with van der Waals surface area (Å²) in [4.78, 5) is 15.7. The normalized spacial score (nSPS) is 10.8. The highest BCUT2D eigenvalue weighted by atomic mass is 32.1. The van der Waals surface area contributed by atoms with Crippen LogP contribution in [-0.2, 0) is 0 Å². The fraction of sp³-hybridized carbons (Fsp3) is 0.0833. The number of fused-ring (bicyclic) bond motifs is 1. The molecule has 0 bridgehead atoms. The van der Waals surface area contributed by atoms with Crippen LogP contribution in [0, 0.1) is 0 Å². The van der Waals surface area contributed by atoms with Gasteiger partial charge < -0.3 is 11.1 Å². The molecule has 1 amide bonds. The lowest BCUT2D eigenvalue weighted by molar-refractivity contribution is 0.0957. The van der Waals surface area contributed by atoms with Gasteiger partial charge in [0.1, 0.15) is 5.52 Å². The number of carbonyl (C=O) groups excluding carboxylic acids is 1. The van der Waals surface area contributed by atoms with Gasteiger partial charge in [-0.2, -0.15) is 5.10 Å². The summed E-state index contributed by atoms with van der Waals surface area (Å²) in [5, 5.41) is 6.73. The molecule has 96 valence electrons. The second-order valence-corrected chi connectivity index (χ2v) is 4.81. The van der Waals surface area contributed by atoms with Crippen molar-refractivity contribution in [2.75, 3.05) is 12.8 Å². The summed E-state index contributed by atoms with van der Waals surface area (Å²) < 4.78 is 2.61. The van der Waals surface area contributed by atoms with Crippen molar-refractivity contribution in [3.63, 3.8) is 0 Å². The van der Waals surface area contributed by atoms with Gasteiger partial charge in [-0.05, 0) is 18.2 Å². The van der Waals surface area contributed by atoms with E-state index in [1.807, 2.05) is 12.1 Å². The first kappa shape index (κ1) is 11.7. The zero-order chi connectivity index (χ0) is 13.4. The van der Waals surface area contributed by atoms with Gasteiger partial charge in [-0.3, -0.25) is 4.79 Å². The molecule has 2 heterocycles. The van der Waals surface area contributed by atoms with Gasteiger partial charge in [0.2, 0.25) is 0 Å². The molecule has 0 aliphatic carbocycles. The van der Waals surface area contributed by atoms with E-state index in [0.717, 1.165) is 10.2 Å². The molecule has 0 aliphatic heterocycles. The lowest BCUT2D eigenvalue weighted by Crippen LogP contribution is -2.18. The number of thiazole rings is 1. The van der Waals surface area contributed by atoms with Crippen LogP contribution in [0.5, 0.6) is 0 Å². The molecule has 0 saturated carbocycles. The number of hydrogen-bond donors (Lipinski definition) is 2. The minimum absolute atomic E-state index is 0.230. The van der Waals surface area contributed by atoms with E-state index in [9.17, 15) is 4.79 Å². The first-order chi connectivity index (χ1) is 9.20. The van der Waals surface area contributed by atoms with Gasteiger partial charge in [0.05, 0.1) is 21.6 Å². The molecular weight excluding hydrogens is 262 g/mol. The summed E-state index contributed by atoms with van der Waals surface area (Å²) in [6.45, 7) is 0. The average Bonchev–Trinajstić information content (AvgIpc) is 3.07. The van der Waals surface area contributed by atoms with E-state index in [0.29, 0.717) is 17.1 Å². The van der Waals surface area contributed by atoms with Crippen LogP contribution in [0.15, 0.2) is 29.9 Å². The van der Waals surface area contributed by atoms with Crippen LogP contribution in [0.1, 0.15) is 10.5 Å². The summed E-state index contributed by atoms with van der Waals surface area (Å²) in [5.74, 6) is -0.230. The highest BCUT2D eigenvalue weighted by Gasteiger charge is 2.12. The Bertz CT molecular complexity index is 760. The maximum absolute atomic E-state index is 11.5. The van der Waals surface area contributed by atoms with E-state index in [1.54, 1.807) is 29.5 Å². The highest BCUT2D eigenvalue weighted by Crippen LogP contribution is 2.28. The molecule has 3 N–H and O–H groups in total. The monoisotopic (exact) mass is 273 g/mol. The van der Waals surface area contributed by atoms with Gasteiger partial charge in [-0.25, -0.2) is 9.67 Å². The third kappa shape index (κ3) is 1.84. The lowest BCUT2D eigenvalue weighted by atomic mass is 10.2. The van der Waals surface area contributed by atoms with E-state index in [-0.39, 0.29) is 5.91 Å². The Kier molecular flexibility index (Phi) is 2.68. The number of anilines is 1. The van der Waals surface area contributed by atoms with Crippen molar-refractivity contribution in [3.05, 3.63) is 35.6 Å². The van der Waals surface area contributed by atoms with Gasteiger partial charge in [-0.1, -0.05) is 0 Å². The molecule has 0 spiro atoms. The number of amides is 1. The van der Waals surface area contributed by atoms with Gasteiger partial charge in [0.25, 0.3) is 5.91 Å². The molecule has 6 nitrogen and oxygen atoms in total. The van der Waals surface area contributed by atoms with Crippen molar-refractivity contribution in [1.29, 1.82) is 0 Å². The minimum atomic E-state index is -0.230. The van der Waals surface area contributed by atoms with Crippen molar-refractivity contribution in [2.24, 2.45) is 0 Å². The first-order valence-electron chi connectivity index (χ1n) is 5.60. The SMILES string of the molecule is CNC(=O)c1ccn(-c2ccc3scnc3c2N)n1. The summed E-state index contributed by atoms with van der Waals surface area (Å²) in [7, 11) is 1.57. The van der Waals surface area contributed by atoms with E-state index in [1.165, 1.54) is 11.3 Å². The number of aromatic nitrogens is 3. The third-order valence-electron chi connectivity index (χ3n) is 2.81. The van der Waals surface area contributed by atoms with Crippen molar-refractivity contribution in [1.82, 2.24) is 20.1 Å². The molecule has 0 aliphatic rings. The maximum Gasteiger partial charge on any atom is 0.271 e. The Morgan fingerprint density at radius 2 is 2.26 bits per heavy atom. The van der Waals surface area contributed by atoms with Crippen LogP contribution in [0.25, 0.3) is 15.9 Å². The van der Waals surface area contributed by atoms with Gasteiger partial charge in [0, 0.05) is 13.2 Å². The zero-order valence-corrected chi connectivity index (χ0v) is 10.9. The van der Waals surface area contributed by atoms with Gasteiger partial charge in [0.15, 0.2) is 5.69 Å². The molecule has 0 atom stereocenters. The molecule has 3 aromatic rings. The van der Waals surface area contributed by atoms with Gasteiger partial charge in [-0.15, -0.1) is 11.3 Å². The number of nitrogens with zero attached hydrogens (tertiary/aromatic N) is 3. The number of rotatable bonds is 2. The summed E-state index contributed by atoms with van der Waals surface area (Å²) in [6, 6.07) is 5.46. The summed E-state index contributed by atoms with van der Waals surface area (Å²) in [5.41, 5.74) is 10.2. The average molecular weight is 273 g/mol. The molecule has 0 unspecified atom stereocenters. The smallest absolute Gasteiger partial charge is 0.271 e. The van der Waals surface area contributed by atoms with Gasteiger partial charge >= 0.3 is 0 Å². The number of nitrogens with two attached hydrogens (primary N) is 1. The maximum atomic E-state index is 11.5. The third-order valence-corrected chi connectivity index (χ3v) is 3.61. The number of nitrogens with one attached hydrogen (secondary N) is 1. The number of nitrogen functional groups attached to an aromatic ring is 1. The fourth-order valence-electron chi connectivity index (χ4n) is 1.85. The van der Waals surface area contributed by atoms with Crippen molar-refractivity contribution in [2.45, 2.75) is 0 Å². The van der Waals surface area contributed by atoms with E-state index >= 15 is 0 Å². The highest BCUT2D eigenvalue weighted by molar-refractivity contribution is 7.16. The Morgan fingerprint density at radius 1 is 1.42 bits per heavy atom. The standard InChI is InChI=1S/C12H11N5OS/c1-14-12(18)7-4-5-17(16-7)8-2-3-9-11(10(8)13)15-6-19-9/h2-6H,13H2,1H3,(H,14,18). The Labute approximate surface area is 112 Å². The molecule has 0 radical (unpaired) electrons. The molecular formula is C12H11N5OS. The van der Waals surface area contributed by atoms with Crippen LogP contribution in [0.2, 0.25) is 0 Å². The summed E-state index contributed by atoms with van der Waals surface area (Å²) in [6.07, 6.45) is 1.70. The minimum Gasteiger partial charge on any atom is -0.395 e. The second-order valence-electron chi connectivity index (χ2n) is 3.92. The Balaban J connectivity index is 2.11. The molecule has 0 fully saturated rings. The van der Waals surface area contributed by atoms with E-state index in [2.05, 4.69) is 15.4 Å². The zero-order valence-electron chi connectivity index (χ0n) is 10.1. The lowest BCUT2D eigenvalue weighted by Gasteiger charge is -2.05. The Morgan fingerprint density at radius 3 is 3.05 bits per heavy atom. The second kappa shape index (κ2) is 4.36. The molecule has 3 rings (SSSR count). The fourth-order valence-corrected chi connectivity index (χ4v) is 2.54. The molecule has 0 saturated heterocycles.